The summed E-state index contributed by atoms with van der Waals surface area (Å²) in [5, 5.41) is 11.7. The van der Waals surface area contributed by atoms with E-state index in [0.29, 0.717) is 22.2 Å². The maximum atomic E-state index is 12.2. The van der Waals surface area contributed by atoms with Crippen LogP contribution in [0.1, 0.15) is 21.6 Å². The van der Waals surface area contributed by atoms with Crippen LogP contribution in [0, 0.1) is 6.92 Å². The number of hydrogen-bond acceptors (Lipinski definition) is 5. The number of benzene rings is 1. The van der Waals surface area contributed by atoms with Gasteiger partial charge in [-0.2, -0.15) is 5.10 Å². The highest BCUT2D eigenvalue weighted by Crippen LogP contribution is 2.35. The number of thiophene rings is 1. The highest BCUT2D eigenvalue weighted by atomic mass is 32.1. The Bertz CT molecular complexity index is 964. The maximum absolute atomic E-state index is 12.2. The zero-order valence-corrected chi connectivity index (χ0v) is 16.9. The fraction of sp³-hybridized carbons (Fsp3) is 0.211. The van der Waals surface area contributed by atoms with Gasteiger partial charge in [-0.3, -0.25) is 4.68 Å². The van der Waals surface area contributed by atoms with Crippen LogP contribution in [0.4, 0.5) is 5.00 Å². The Hall–Kier alpha value is -2.71. The minimum Gasteiger partial charge on any atom is -0.465 e. The number of aryl methyl sites for hydroxylation is 2. The van der Waals surface area contributed by atoms with Gasteiger partial charge in [-0.25, -0.2) is 4.79 Å². The lowest BCUT2D eigenvalue weighted by molar-refractivity contribution is 0.0602. The monoisotopic (exact) mass is 400 g/mol. The number of nitrogens with one attached hydrogen (secondary N) is 2. The molecule has 2 N–H and O–H groups in total. The van der Waals surface area contributed by atoms with Crippen molar-refractivity contribution >= 4 is 39.6 Å². The number of thiocarbonyl (C=S) groups is 1. The van der Waals surface area contributed by atoms with Crippen molar-refractivity contribution in [3.05, 3.63) is 59.4 Å². The number of carbonyl (C=O) groups is 1. The first-order chi connectivity index (χ1) is 13.0. The van der Waals surface area contributed by atoms with Crippen LogP contribution in [0.15, 0.2) is 42.6 Å². The summed E-state index contributed by atoms with van der Waals surface area (Å²) in [4.78, 5) is 13.1. The molecule has 0 saturated heterocycles. The molecule has 6 nitrogen and oxygen atoms in total. The number of rotatable bonds is 5. The lowest BCUT2D eigenvalue weighted by Crippen LogP contribution is -2.28. The standard InChI is InChI=1S/C19H20N4O2S2/c1-12-14(11-23(2)22-12)10-20-19(26)21-17-15(18(24)25-3)9-16(27-17)13-7-5-4-6-8-13/h4-9,11H,10H2,1-3H3,(H2,20,21,26). The van der Waals surface area contributed by atoms with E-state index in [-0.39, 0.29) is 0 Å². The summed E-state index contributed by atoms with van der Waals surface area (Å²) >= 11 is 6.86. The molecule has 0 aliphatic heterocycles. The molecule has 0 aliphatic rings. The van der Waals surface area contributed by atoms with Crippen LogP contribution < -0.4 is 10.6 Å². The van der Waals surface area contributed by atoms with Gasteiger partial charge in [0.1, 0.15) is 5.00 Å². The largest absolute Gasteiger partial charge is 0.465 e. The third kappa shape index (κ3) is 4.53. The molecule has 0 atom stereocenters. The molecule has 0 unspecified atom stereocenters. The van der Waals surface area contributed by atoms with E-state index in [9.17, 15) is 4.79 Å². The molecular formula is C19H20N4O2S2. The van der Waals surface area contributed by atoms with Crippen molar-refractivity contribution < 1.29 is 9.53 Å². The average molecular weight is 401 g/mol. The fourth-order valence-corrected chi connectivity index (χ4v) is 3.93. The van der Waals surface area contributed by atoms with Gasteiger partial charge in [0, 0.05) is 30.2 Å². The van der Waals surface area contributed by atoms with Crippen molar-refractivity contribution in [2.75, 3.05) is 12.4 Å². The molecule has 2 heterocycles. The number of carbonyl (C=O) groups excluding carboxylic acids is 1. The number of methoxy groups -OCH3 is 1. The van der Waals surface area contributed by atoms with Gasteiger partial charge in [0.25, 0.3) is 0 Å². The van der Waals surface area contributed by atoms with Gasteiger partial charge >= 0.3 is 5.97 Å². The molecule has 0 spiro atoms. The Labute approximate surface area is 167 Å². The van der Waals surface area contributed by atoms with Crippen molar-refractivity contribution in [1.82, 2.24) is 15.1 Å². The van der Waals surface area contributed by atoms with E-state index in [2.05, 4.69) is 15.7 Å². The molecule has 3 aromatic rings. The van der Waals surface area contributed by atoms with Gasteiger partial charge in [-0.05, 0) is 30.8 Å². The second-order valence-electron chi connectivity index (χ2n) is 5.93. The predicted octanol–water partition coefficient (Wildman–Crippen LogP) is 3.73. The lowest BCUT2D eigenvalue weighted by atomic mass is 10.1. The first kappa shape index (κ1) is 19.1. The summed E-state index contributed by atoms with van der Waals surface area (Å²) in [6, 6.07) is 11.7. The van der Waals surface area contributed by atoms with Crippen molar-refractivity contribution in [2.45, 2.75) is 13.5 Å². The molecule has 0 radical (unpaired) electrons. The van der Waals surface area contributed by atoms with Crippen molar-refractivity contribution in [1.29, 1.82) is 0 Å². The molecule has 1 aromatic carbocycles. The van der Waals surface area contributed by atoms with Gasteiger partial charge in [-0.1, -0.05) is 30.3 Å². The number of nitrogens with zero attached hydrogens (tertiary/aromatic N) is 2. The molecule has 8 heteroatoms. The Morgan fingerprint density at radius 1 is 1.33 bits per heavy atom. The van der Waals surface area contributed by atoms with Gasteiger partial charge in [0.2, 0.25) is 0 Å². The molecule has 2 aromatic heterocycles. The van der Waals surface area contributed by atoms with Gasteiger partial charge in [-0.15, -0.1) is 11.3 Å². The van der Waals surface area contributed by atoms with E-state index in [1.807, 2.05) is 56.6 Å². The molecule has 0 aliphatic carbocycles. The number of aromatic nitrogens is 2. The van der Waals surface area contributed by atoms with Crippen molar-refractivity contribution in [2.24, 2.45) is 7.05 Å². The van der Waals surface area contributed by atoms with Crippen LogP contribution in [-0.4, -0.2) is 28.0 Å². The minimum absolute atomic E-state index is 0.401. The Morgan fingerprint density at radius 3 is 2.70 bits per heavy atom. The molecule has 3 rings (SSSR count). The Morgan fingerprint density at radius 2 is 2.07 bits per heavy atom. The molecule has 0 fully saturated rings. The second kappa shape index (κ2) is 8.32. The lowest BCUT2D eigenvalue weighted by Gasteiger charge is -2.10. The zero-order valence-electron chi connectivity index (χ0n) is 15.3. The van der Waals surface area contributed by atoms with Crippen LogP contribution in [0.25, 0.3) is 10.4 Å². The maximum Gasteiger partial charge on any atom is 0.340 e. The minimum atomic E-state index is -0.401. The normalized spacial score (nSPS) is 10.5. The second-order valence-corrected chi connectivity index (χ2v) is 7.39. The Balaban J connectivity index is 1.76. The zero-order chi connectivity index (χ0) is 19.4. The highest BCUT2D eigenvalue weighted by Gasteiger charge is 2.18. The summed E-state index contributed by atoms with van der Waals surface area (Å²) in [5.74, 6) is -0.401. The van der Waals surface area contributed by atoms with Crippen LogP contribution in [0.2, 0.25) is 0 Å². The molecule has 0 saturated carbocycles. The molecule has 27 heavy (non-hydrogen) atoms. The molecule has 140 valence electrons. The van der Waals surface area contributed by atoms with Gasteiger partial charge in [0.05, 0.1) is 18.4 Å². The quantitative estimate of drug-likeness (QED) is 0.502. The molecule has 0 bridgehead atoms. The van der Waals surface area contributed by atoms with Crippen LogP contribution >= 0.6 is 23.6 Å². The number of esters is 1. The topological polar surface area (TPSA) is 68.2 Å². The molecular weight excluding hydrogens is 380 g/mol. The molecule has 0 amide bonds. The van der Waals surface area contributed by atoms with Gasteiger partial charge in [0.15, 0.2) is 5.11 Å². The van der Waals surface area contributed by atoms with Crippen molar-refractivity contribution in [3.63, 3.8) is 0 Å². The third-order valence-corrected chi connectivity index (χ3v) is 5.32. The average Bonchev–Trinajstić information content (AvgIpc) is 3.22. The summed E-state index contributed by atoms with van der Waals surface area (Å²) in [5.41, 5.74) is 3.50. The van der Waals surface area contributed by atoms with E-state index < -0.39 is 5.97 Å². The van der Waals surface area contributed by atoms with Crippen molar-refractivity contribution in [3.8, 4) is 10.4 Å². The van der Waals surface area contributed by atoms with E-state index in [0.717, 1.165) is 21.7 Å². The summed E-state index contributed by atoms with van der Waals surface area (Å²) in [6.07, 6.45) is 1.95. The first-order valence-corrected chi connectivity index (χ1v) is 9.52. The number of ether oxygens (including phenoxy) is 1. The number of hydrogen-bond donors (Lipinski definition) is 2. The van der Waals surface area contributed by atoms with Crippen LogP contribution in [-0.2, 0) is 18.3 Å². The smallest absolute Gasteiger partial charge is 0.340 e. The fourth-order valence-electron chi connectivity index (χ4n) is 2.64. The van der Waals surface area contributed by atoms with E-state index in [4.69, 9.17) is 17.0 Å². The van der Waals surface area contributed by atoms with E-state index in [1.165, 1.54) is 18.4 Å². The van der Waals surface area contributed by atoms with E-state index >= 15 is 0 Å². The SMILES string of the molecule is COC(=O)c1cc(-c2ccccc2)sc1NC(=S)NCc1cn(C)nc1C. The van der Waals surface area contributed by atoms with Crippen LogP contribution in [0.3, 0.4) is 0 Å². The number of anilines is 1. The summed E-state index contributed by atoms with van der Waals surface area (Å²) in [6.45, 7) is 2.50. The Kier molecular flexibility index (Phi) is 5.88. The van der Waals surface area contributed by atoms with Gasteiger partial charge < -0.3 is 15.4 Å². The first-order valence-electron chi connectivity index (χ1n) is 8.29. The predicted molar refractivity (Wildman–Crippen MR) is 112 cm³/mol. The van der Waals surface area contributed by atoms with Crippen LogP contribution in [0.5, 0.6) is 0 Å². The van der Waals surface area contributed by atoms with E-state index in [1.54, 1.807) is 4.68 Å². The highest BCUT2D eigenvalue weighted by molar-refractivity contribution is 7.80. The third-order valence-electron chi connectivity index (χ3n) is 3.98. The summed E-state index contributed by atoms with van der Waals surface area (Å²) in [7, 11) is 3.25. The summed E-state index contributed by atoms with van der Waals surface area (Å²) < 4.78 is 6.68.